The number of nitrogens with zero attached hydrogens (tertiary/aromatic N) is 4. The molecule has 1 N–H and O–H groups in total. The van der Waals surface area contributed by atoms with Crippen LogP contribution in [-0.4, -0.2) is 25.2 Å². The smallest absolute Gasteiger partial charge is 0.265 e. The van der Waals surface area contributed by atoms with Crippen molar-refractivity contribution in [3.63, 3.8) is 0 Å². The topological polar surface area (TPSA) is 81.8 Å². The molecular weight excluding hydrogens is 330 g/mol. The summed E-state index contributed by atoms with van der Waals surface area (Å²) in [7, 11) is 1.78. The van der Waals surface area contributed by atoms with E-state index in [0.29, 0.717) is 28.0 Å². The average Bonchev–Trinajstić information content (AvgIpc) is 3.07. The largest absolute Gasteiger partial charge is 0.305 e. The second kappa shape index (κ2) is 6.29. The van der Waals surface area contributed by atoms with Crippen molar-refractivity contribution in [2.75, 3.05) is 5.32 Å². The summed E-state index contributed by atoms with van der Waals surface area (Å²) >= 11 is 0. The van der Waals surface area contributed by atoms with E-state index in [4.69, 9.17) is 0 Å². The normalized spacial score (nSPS) is 10.8. The summed E-state index contributed by atoms with van der Waals surface area (Å²) < 4.78 is 3.07. The molecule has 1 amide bonds. The van der Waals surface area contributed by atoms with Crippen LogP contribution in [-0.2, 0) is 7.05 Å². The first kappa shape index (κ1) is 15.8. The number of nitrogens with one attached hydrogen (secondary N) is 1. The first-order valence-electron chi connectivity index (χ1n) is 8.00. The van der Waals surface area contributed by atoms with Crippen molar-refractivity contribution in [1.29, 1.82) is 0 Å². The van der Waals surface area contributed by atoms with Gasteiger partial charge in [0, 0.05) is 24.9 Å². The number of hydrogen-bond donors (Lipinski definition) is 1. The number of aromatic nitrogens is 4. The van der Waals surface area contributed by atoms with Gasteiger partial charge in [0.05, 0.1) is 16.6 Å². The van der Waals surface area contributed by atoms with Gasteiger partial charge in [-0.1, -0.05) is 12.1 Å². The fourth-order valence-corrected chi connectivity index (χ4v) is 2.70. The third-order valence-corrected chi connectivity index (χ3v) is 4.03. The lowest BCUT2D eigenvalue weighted by Gasteiger charge is -2.08. The molecule has 0 bridgehead atoms. The second-order valence-corrected chi connectivity index (χ2v) is 5.81. The maximum absolute atomic E-state index is 12.6. The highest BCUT2D eigenvalue weighted by Crippen LogP contribution is 2.12. The highest BCUT2D eigenvalue weighted by molar-refractivity contribution is 6.03. The monoisotopic (exact) mass is 345 g/mol. The molecule has 7 nitrogen and oxygen atoms in total. The number of carbonyl (C=O) groups is 1. The number of anilines is 1. The summed E-state index contributed by atoms with van der Waals surface area (Å²) in [6.07, 6.45) is 3.24. The summed E-state index contributed by atoms with van der Waals surface area (Å²) in [5.41, 5.74) is 1.62. The van der Waals surface area contributed by atoms with Gasteiger partial charge >= 0.3 is 0 Å². The standard InChI is InChI=1S/C19H15N5O2/c1-23-11-10-17(22-23)21-18(25)13-6-8-14(9-7-13)24-12-20-16-5-3-2-4-15(16)19(24)26/h2-12H,1H3,(H,21,22,25). The predicted octanol–water partition coefficient (Wildman–Crippen LogP) is 2.37. The van der Waals surface area contributed by atoms with E-state index in [9.17, 15) is 9.59 Å². The van der Waals surface area contributed by atoms with E-state index in [-0.39, 0.29) is 11.5 Å². The van der Waals surface area contributed by atoms with E-state index in [1.807, 2.05) is 6.07 Å². The highest BCUT2D eigenvalue weighted by atomic mass is 16.1. The number of amides is 1. The molecule has 128 valence electrons. The second-order valence-electron chi connectivity index (χ2n) is 5.81. The van der Waals surface area contributed by atoms with Crippen molar-refractivity contribution in [1.82, 2.24) is 19.3 Å². The summed E-state index contributed by atoms with van der Waals surface area (Å²) in [4.78, 5) is 29.2. The first-order chi connectivity index (χ1) is 12.6. The van der Waals surface area contributed by atoms with Gasteiger partial charge in [0.25, 0.3) is 11.5 Å². The zero-order chi connectivity index (χ0) is 18.1. The molecule has 0 saturated heterocycles. The van der Waals surface area contributed by atoms with Gasteiger partial charge in [-0.05, 0) is 36.4 Å². The number of para-hydroxylation sites is 1. The molecule has 2 aromatic heterocycles. The number of aryl methyl sites for hydroxylation is 1. The number of fused-ring (bicyclic) bond motifs is 1. The van der Waals surface area contributed by atoms with E-state index in [1.54, 1.807) is 66.5 Å². The molecule has 0 atom stereocenters. The zero-order valence-electron chi connectivity index (χ0n) is 14.0. The minimum atomic E-state index is -0.265. The van der Waals surface area contributed by atoms with Crippen LogP contribution in [0.1, 0.15) is 10.4 Å². The van der Waals surface area contributed by atoms with Crippen molar-refractivity contribution >= 4 is 22.6 Å². The lowest BCUT2D eigenvalue weighted by Crippen LogP contribution is -2.19. The Labute approximate surface area is 148 Å². The Hall–Kier alpha value is -3.74. The fraction of sp³-hybridized carbons (Fsp3) is 0.0526. The molecule has 0 unspecified atom stereocenters. The van der Waals surface area contributed by atoms with Crippen LogP contribution in [0.4, 0.5) is 5.82 Å². The Kier molecular flexibility index (Phi) is 3.81. The predicted molar refractivity (Wildman–Crippen MR) is 98.5 cm³/mol. The van der Waals surface area contributed by atoms with Crippen molar-refractivity contribution in [2.45, 2.75) is 0 Å². The van der Waals surface area contributed by atoms with Gasteiger partial charge in [-0.2, -0.15) is 5.10 Å². The van der Waals surface area contributed by atoms with E-state index >= 15 is 0 Å². The minimum absolute atomic E-state index is 0.152. The third kappa shape index (κ3) is 2.86. The Morgan fingerprint density at radius 2 is 1.81 bits per heavy atom. The number of rotatable bonds is 3. The molecule has 4 aromatic rings. The molecule has 7 heteroatoms. The maximum Gasteiger partial charge on any atom is 0.265 e. The van der Waals surface area contributed by atoms with Gasteiger partial charge in [-0.25, -0.2) is 4.98 Å². The van der Waals surface area contributed by atoms with Gasteiger partial charge < -0.3 is 5.32 Å². The van der Waals surface area contributed by atoms with Gasteiger partial charge in [0.1, 0.15) is 6.33 Å². The Bertz CT molecular complexity index is 1160. The molecule has 0 fully saturated rings. The molecule has 26 heavy (non-hydrogen) atoms. The van der Waals surface area contributed by atoms with Crippen LogP contribution in [0.25, 0.3) is 16.6 Å². The SMILES string of the molecule is Cn1ccc(NC(=O)c2ccc(-n3cnc4ccccc4c3=O)cc2)n1. The number of carbonyl (C=O) groups excluding carboxylic acids is 1. The molecule has 0 aliphatic rings. The van der Waals surface area contributed by atoms with E-state index in [1.165, 1.54) is 10.9 Å². The van der Waals surface area contributed by atoms with Crippen LogP contribution in [0.5, 0.6) is 0 Å². The van der Waals surface area contributed by atoms with Crippen LogP contribution >= 0.6 is 0 Å². The van der Waals surface area contributed by atoms with E-state index < -0.39 is 0 Å². The summed E-state index contributed by atoms with van der Waals surface area (Å²) in [5.74, 6) is 0.218. The van der Waals surface area contributed by atoms with Gasteiger partial charge in [-0.3, -0.25) is 18.8 Å². The van der Waals surface area contributed by atoms with Crippen LogP contribution in [0.15, 0.2) is 71.9 Å². The van der Waals surface area contributed by atoms with Crippen molar-refractivity contribution < 1.29 is 4.79 Å². The first-order valence-corrected chi connectivity index (χ1v) is 8.00. The Balaban J connectivity index is 1.63. The average molecular weight is 345 g/mol. The number of hydrogen-bond acceptors (Lipinski definition) is 4. The molecule has 0 aliphatic heterocycles. The highest BCUT2D eigenvalue weighted by Gasteiger charge is 2.09. The Morgan fingerprint density at radius 3 is 2.54 bits per heavy atom. The summed E-state index contributed by atoms with van der Waals surface area (Å²) in [6, 6.07) is 15.7. The number of benzene rings is 2. The van der Waals surface area contributed by atoms with Gasteiger partial charge in [-0.15, -0.1) is 0 Å². The van der Waals surface area contributed by atoms with Crippen molar-refractivity contribution in [3.8, 4) is 5.69 Å². The lowest BCUT2D eigenvalue weighted by atomic mass is 10.2. The fourth-order valence-electron chi connectivity index (χ4n) is 2.70. The molecular formula is C19H15N5O2. The molecule has 0 radical (unpaired) electrons. The van der Waals surface area contributed by atoms with Crippen LogP contribution < -0.4 is 10.9 Å². The molecule has 2 heterocycles. The van der Waals surface area contributed by atoms with E-state index in [0.717, 1.165) is 0 Å². The maximum atomic E-state index is 12.6. The minimum Gasteiger partial charge on any atom is -0.305 e. The molecule has 2 aromatic carbocycles. The van der Waals surface area contributed by atoms with Gasteiger partial charge in [0.2, 0.25) is 0 Å². The van der Waals surface area contributed by atoms with Gasteiger partial charge in [0.15, 0.2) is 5.82 Å². The van der Waals surface area contributed by atoms with Crippen LogP contribution in [0, 0.1) is 0 Å². The molecule has 0 aliphatic carbocycles. The van der Waals surface area contributed by atoms with E-state index in [2.05, 4.69) is 15.4 Å². The Morgan fingerprint density at radius 1 is 1.04 bits per heavy atom. The lowest BCUT2D eigenvalue weighted by molar-refractivity contribution is 0.102. The van der Waals surface area contributed by atoms with Crippen molar-refractivity contribution in [2.24, 2.45) is 7.05 Å². The molecule has 4 rings (SSSR count). The quantitative estimate of drug-likeness (QED) is 0.618. The molecule has 0 saturated carbocycles. The molecule has 0 spiro atoms. The third-order valence-electron chi connectivity index (χ3n) is 4.03. The van der Waals surface area contributed by atoms with Crippen molar-refractivity contribution in [3.05, 3.63) is 83.0 Å². The summed E-state index contributed by atoms with van der Waals surface area (Å²) in [6.45, 7) is 0. The summed E-state index contributed by atoms with van der Waals surface area (Å²) in [5, 5.41) is 7.38. The van der Waals surface area contributed by atoms with Crippen LogP contribution in [0.2, 0.25) is 0 Å². The zero-order valence-corrected chi connectivity index (χ0v) is 14.0. The van der Waals surface area contributed by atoms with Crippen LogP contribution in [0.3, 0.4) is 0 Å².